The predicted molar refractivity (Wildman–Crippen MR) is 172 cm³/mol. The molecule has 10 heteroatoms. The summed E-state index contributed by atoms with van der Waals surface area (Å²) in [7, 11) is 0. The number of piperidine rings is 1. The van der Waals surface area contributed by atoms with Crippen LogP contribution in [0.4, 0.5) is 0 Å². The SMILES string of the molecule is Cc1cc(C)c(/C(C(=O)O)=C(\O)C2CCC(OC3CCN(CCOCCOCCOCC(=O)OC(C)(C)C)CC3)CC2)c(C)c1. The zero-order chi connectivity index (χ0) is 33.0. The molecule has 3 rings (SSSR count). The number of hydrogen-bond acceptors (Lipinski definition) is 9. The van der Waals surface area contributed by atoms with Crippen LogP contribution in [-0.2, 0) is 33.3 Å². The molecule has 0 atom stereocenters. The van der Waals surface area contributed by atoms with Gasteiger partial charge < -0.3 is 38.8 Å². The Morgan fingerprint density at radius 1 is 0.800 bits per heavy atom. The molecule has 1 saturated heterocycles. The fourth-order valence-corrected chi connectivity index (χ4v) is 6.30. The third kappa shape index (κ3) is 12.7. The quantitative estimate of drug-likeness (QED) is 0.106. The number of carbonyl (C=O) groups is 2. The van der Waals surface area contributed by atoms with Crippen molar-refractivity contribution in [2.75, 3.05) is 59.3 Å². The van der Waals surface area contributed by atoms with Crippen LogP contribution in [0.15, 0.2) is 17.9 Å². The number of aliphatic carboxylic acids is 1. The van der Waals surface area contributed by atoms with Crippen molar-refractivity contribution in [3.63, 3.8) is 0 Å². The van der Waals surface area contributed by atoms with Crippen molar-refractivity contribution in [1.29, 1.82) is 0 Å². The highest BCUT2D eigenvalue weighted by Gasteiger charge is 2.31. The van der Waals surface area contributed by atoms with Gasteiger partial charge in [0.15, 0.2) is 0 Å². The van der Waals surface area contributed by atoms with Crippen LogP contribution in [0, 0.1) is 26.7 Å². The minimum absolute atomic E-state index is 0.00222. The first-order valence-electron chi connectivity index (χ1n) is 16.4. The zero-order valence-corrected chi connectivity index (χ0v) is 28.2. The van der Waals surface area contributed by atoms with Crippen molar-refractivity contribution < 1.29 is 43.5 Å². The molecule has 1 aromatic rings. The van der Waals surface area contributed by atoms with Gasteiger partial charge in [0.25, 0.3) is 0 Å². The molecule has 0 radical (unpaired) electrons. The smallest absolute Gasteiger partial charge is 0.339 e. The maximum absolute atomic E-state index is 12.3. The maximum atomic E-state index is 12.3. The second-order valence-corrected chi connectivity index (χ2v) is 13.4. The summed E-state index contributed by atoms with van der Waals surface area (Å²) in [4.78, 5) is 26.2. The van der Waals surface area contributed by atoms with Gasteiger partial charge in [-0.2, -0.15) is 0 Å². The number of ether oxygens (including phenoxy) is 5. The summed E-state index contributed by atoms with van der Waals surface area (Å²) in [6, 6.07) is 3.93. The van der Waals surface area contributed by atoms with Crippen molar-refractivity contribution in [2.24, 2.45) is 5.92 Å². The van der Waals surface area contributed by atoms with Crippen LogP contribution in [0.5, 0.6) is 0 Å². The number of carboxylic acid groups (broad SMARTS) is 1. The molecule has 45 heavy (non-hydrogen) atoms. The molecule has 0 aromatic heterocycles. The molecular formula is C35H55NO9. The summed E-state index contributed by atoms with van der Waals surface area (Å²) in [6.45, 7) is 16.4. The second-order valence-electron chi connectivity index (χ2n) is 13.4. The van der Waals surface area contributed by atoms with Gasteiger partial charge in [0.2, 0.25) is 0 Å². The molecule has 1 aliphatic carbocycles. The van der Waals surface area contributed by atoms with E-state index in [4.69, 9.17) is 23.7 Å². The molecule has 2 N–H and O–H groups in total. The summed E-state index contributed by atoms with van der Waals surface area (Å²) >= 11 is 0. The van der Waals surface area contributed by atoms with Gasteiger partial charge in [0, 0.05) is 25.6 Å². The number of esters is 1. The summed E-state index contributed by atoms with van der Waals surface area (Å²) < 4.78 is 28.1. The van der Waals surface area contributed by atoms with E-state index in [1.54, 1.807) is 0 Å². The Hall–Kier alpha value is -2.50. The van der Waals surface area contributed by atoms with E-state index in [9.17, 15) is 19.8 Å². The molecule has 0 unspecified atom stereocenters. The lowest BCUT2D eigenvalue weighted by Gasteiger charge is -2.36. The Morgan fingerprint density at radius 2 is 1.33 bits per heavy atom. The van der Waals surface area contributed by atoms with Crippen LogP contribution < -0.4 is 0 Å². The van der Waals surface area contributed by atoms with Crippen LogP contribution >= 0.6 is 0 Å². The van der Waals surface area contributed by atoms with Crippen LogP contribution in [-0.4, -0.2) is 104 Å². The third-order valence-electron chi connectivity index (χ3n) is 8.31. The Balaban J connectivity index is 1.27. The van der Waals surface area contributed by atoms with E-state index in [-0.39, 0.29) is 42.0 Å². The first-order valence-corrected chi connectivity index (χ1v) is 16.4. The van der Waals surface area contributed by atoms with E-state index >= 15 is 0 Å². The molecule has 2 aliphatic rings. The molecule has 10 nitrogen and oxygen atoms in total. The lowest BCUT2D eigenvalue weighted by Crippen LogP contribution is -2.40. The largest absolute Gasteiger partial charge is 0.511 e. The standard InChI is InChI=1S/C35H55NO9/c1-24-21-25(2)31(26(3)22-24)32(34(39)40)33(38)27-7-9-28(10-8-27)44-29-11-13-36(14-12-29)15-16-41-17-18-42-19-20-43-23-30(37)45-35(4,5)6/h21-22,27-29,38H,7-20,23H2,1-6H3,(H,39,40)/b33-32+. The molecule has 0 bridgehead atoms. The normalized spacial score (nSPS) is 20.6. The van der Waals surface area contributed by atoms with Gasteiger partial charge in [0.1, 0.15) is 23.5 Å². The summed E-state index contributed by atoms with van der Waals surface area (Å²) in [5.41, 5.74) is 2.98. The molecule has 0 amide bonds. The highest BCUT2D eigenvalue weighted by molar-refractivity contribution is 6.17. The number of likely N-dealkylation sites (tertiary alicyclic amines) is 1. The number of aliphatic hydroxyl groups excluding tert-OH is 1. The number of hydrogen-bond donors (Lipinski definition) is 2. The van der Waals surface area contributed by atoms with Crippen molar-refractivity contribution >= 4 is 17.5 Å². The van der Waals surface area contributed by atoms with Gasteiger partial charge in [-0.1, -0.05) is 17.7 Å². The molecule has 1 aromatic carbocycles. The first-order chi connectivity index (χ1) is 21.3. The minimum Gasteiger partial charge on any atom is -0.511 e. The van der Waals surface area contributed by atoms with E-state index in [0.29, 0.717) is 38.6 Å². The number of allylic oxidation sites excluding steroid dienone is 1. The molecule has 1 aliphatic heterocycles. The number of nitrogens with zero attached hydrogens (tertiary/aromatic N) is 1. The number of benzene rings is 1. The highest BCUT2D eigenvalue weighted by atomic mass is 16.6. The predicted octanol–water partition coefficient (Wildman–Crippen LogP) is 5.40. The average molecular weight is 634 g/mol. The number of aryl methyl sites for hydroxylation is 3. The van der Waals surface area contributed by atoms with Crippen LogP contribution in [0.25, 0.3) is 5.57 Å². The van der Waals surface area contributed by atoms with E-state index < -0.39 is 11.6 Å². The Bertz CT molecular complexity index is 1100. The van der Waals surface area contributed by atoms with Gasteiger partial charge in [-0.05, 0) is 96.8 Å². The first kappa shape index (κ1) is 37.0. The number of carbonyl (C=O) groups excluding carboxylic acids is 1. The van der Waals surface area contributed by atoms with Gasteiger partial charge in [-0.3, -0.25) is 0 Å². The molecule has 0 spiro atoms. The third-order valence-corrected chi connectivity index (χ3v) is 8.31. The summed E-state index contributed by atoms with van der Waals surface area (Å²) in [5, 5.41) is 21.2. The Morgan fingerprint density at radius 3 is 1.89 bits per heavy atom. The van der Waals surface area contributed by atoms with Crippen molar-refractivity contribution in [2.45, 2.75) is 97.9 Å². The Kier molecular flexibility index (Phi) is 14.8. The average Bonchev–Trinajstić information content (AvgIpc) is 2.95. The molecular weight excluding hydrogens is 578 g/mol. The van der Waals surface area contributed by atoms with Gasteiger partial charge in [-0.15, -0.1) is 0 Å². The Labute approximate surface area is 269 Å². The van der Waals surface area contributed by atoms with Crippen LogP contribution in [0.2, 0.25) is 0 Å². The molecule has 2 fully saturated rings. The topological polar surface area (TPSA) is 124 Å². The van der Waals surface area contributed by atoms with E-state index in [2.05, 4.69) is 4.90 Å². The van der Waals surface area contributed by atoms with Crippen molar-refractivity contribution in [3.05, 3.63) is 40.1 Å². The fourth-order valence-electron chi connectivity index (χ4n) is 6.30. The van der Waals surface area contributed by atoms with Gasteiger partial charge >= 0.3 is 11.9 Å². The zero-order valence-electron chi connectivity index (χ0n) is 28.2. The lowest BCUT2D eigenvalue weighted by molar-refractivity contribution is -0.160. The van der Waals surface area contributed by atoms with Crippen LogP contribution in [0.1, 0.15) is 81.5 Å². The fraction of sp³-hybridized carbons (Fsp3) is 0.714. The van der Waals surface area contributed by atoms with E-state index in [1.807, 2.05) is 53.7 Å². The number of carboxylic acids is 1. The van der Waals surface area contributed by atoms with E-state index in [0.717, 1.165) is 74.8 Å². The summed E-state index contributed by atoms with van der Waals surface area (Å²) in [5.74, 6) is -1.62. The molecule has 1 heterocycles. The number of rotatable bonds is 16. The summed E-state index contributed by atoms with van der Waals surface area (Å²) in [6.07, 6.45) is 5.41. The molecule has 1 saturated carbocycles. The molecule has 254 valence electrons. The highest BCUT2D eigenvalue weighted by Crippen LogP contribution is 2.37. The minimum atomic E-state index is -1.08. The van der Waals surface area contributed by atoms with Gasteiger partial charge in [0.05, 0.1) is 45.2 Å². The van der Waals surface area contributed by atoms with E-state index in [1.165, 1.54) is 0 Å². The lowest BCUT2D eigenvalue weighted by atomic mass is 9.82. The maximum Gasteiger partial charge on any atom is 0.339 e. The van der Waals surface area contributed by atoms with Crippen molar-refractivity contribution in [1.82, 2.24) is 4.90 Å². The second kappa shape index (κ2) is 18.0. The van der Waals surface area contributed by atoms with Crippen LogP contribution in [0.3, 0.4) is 0 Å². The monoisotopic (exact) mass is 633 g/mol. The van der Waals surface area contributed by atoms with Gasteiger partial charge in [-0.25, -0.2) is 9.59 Å². The van der Waals surface area contributed by atoms with Crippen molar-refractivity contribution in [3.8, 4) is 0 Å². The number of aliphatic hydroxyl groups is 1.